The third-order valence-electron chi connectivity index (χ3n) is 3.47. The first-order valence-electron chi connectivity index (χ1n) is 7.16. The van der Waals surface area contributed by atoms with Crippen LogP contribution in [0.3, 0.4) is 0 Å². The summed E-state index contributed by atoms with van der Waals surface area (Å²) < 4.78 is 220. The van der Waals surface area contributed by atoms with Gasteiger partial charge in [0.15, 0.2) is 0 Å². The second-order valence-electron chi connectivity index (χ2n) is 5.66. The average molecular weight is 508 g/mol. The second-order valence-corrected chi connectivity index (χ2v) is 6.87. The molecule has 0 nitrogen and oxygen atoms in total. The van der Waals surface area contributed by atoms with Crippen LogP contribution in [0.2, 0.25) is 0 Å². The zero-order valence-electron chi connectivity index (χ0n) is 14.0. The third-order valence-corrected chi connectivity index (χ3v) is 4.59. The van der Waals surface area contributed by atoms with Crippen molar-refractivity contribution in [3.63, 3.8) is 0 Å². The molecular formula is C12H9F17S. The van der Waals surface area contributed by atoms with Gasteiger partial charge in [0.1, 0.15) is 0 Å². The van der Waals surface area contributed by atoms with Crippen LogP contribution in [0.5, 0.6) is 0 Å². The Balaban J connectivity index is 6.48. The fourth-order valence-corrected chi connectivity index (χ4v) is 2.58. The van der Waals surface area contributed by atoms with Crippen molar-refractivity contribution >= 4 is 11.8 Å². The van der Waals surface area contributed by atoms with Crippen molar-refractivity contribution in [2.45, 2.75) is 66.7 Å². The molecule has 0 unspecified atom stereocenters. The van der Waals surface area contributed by atoms with Gasteiger partial charge >= 0.3 is 47.0 Å². The number of rotatable bonds is 10. The van der Waals surface area contributed by atoms with E-state index in [1.807, 2.05) is 0 Å². The van der Waals surface area contributed by atoms with Crippen molar-refractivity contribution in [3.05, 3.63) is 0 Å². The summed E-state index contributed by atoms with van der Waals surface area (Å²) in [4.78, 5) is 0. The molecule has 0 atom stereocenters. The lowest BCUT2D eigenvalue weighted by molar-refractivity contribution is -0.458. The number of alkyl halides is 17. The highest BCUT2D eigenvalue weighted by molar-refractivity contribution is 8.00. The van der Waals surface area contributed by atoms with Gasteiger partial charge in [-0.15, -0.1) is 0 Å². The van der Waals surface area contributed by atoms with Crippen LogP contribution < -0.4 is 0 Å². The smallest absolute Gasteiger partial charge is 0.192 e. The maximum atomic E-state index is 13.4. The van der Waals surface area contributed by atoms with Gasteiger partial charge in [-0.25, -0.2) is 0 Å². The summed E-state index contributed by atoms with van der Waals surface area (Å²) in [6, 6.07) is 0. The first-order valence-corrected chi connectivity index (χ1v) is 8.15. The van der Waals surface area contributed by atoms with E-state index >= 15 is 0 Å². The summed E-state index contributed by atoms with van der Waals surface area (Å²) in [5.74, 6) is -50.6. The molecule has 0 aromatic rings. The molecule has 0 saturated carbocycles. The Bertz CT molecular complexity index is 590. The lowest BCUT2D eigenvalue weighted by atomic mass is 9.91. The Morgan fingerprint density at radius 1 is 0.467 bits per heavy atom. The maximum Gasteiger partial charge on any atom is 0.460 e. The summed E-state index contributed by atoms with van der Waals surface area (Å²) in [5, 5.41) is -6.34. The summed E-state index contributed by atoms with van der Waals surface area (Å²) in [5.41, 5.74) is 0. The van der Waals surface area contributed by atoms with E-state index in [1.54, 1.807) is 0 Å². The van der Waals surface area contributed by atoms with Crippen LogP contribution in [0.1, 0.15) is 19.8 Å². The summed E-state index contributed by atoms with van der Waals surface area (Å²) in [6.45, 7) is 1.25. The third kappa shape index (κ3) is 4.00. The van der Waals surface area contributed by atoms with Crippen LogP contribution in [0, 0.1) is 0 Å². The van der Waals surface area contributed by atoms with Gasteiger partial charge in [0.2, 0.25) is 0 Å². The average Bonchev–Trinajstić information content (AvgIpc) is 2.52. The van der Waals surface area contributed by atoms with Gasteiger partial charge in [0.25, 0.3) is 0 Å². The zero-order valence-corrected chi connectivity index (χ0v) is 14.8. The first kappa shape index (κ1) is 29.2. The van der Waals surface area contributed by atoms with Crippen LogP contribution in [0.25, 0.3) is 0 Å². The summed E-state index contributed by atoms with van der Waals surface area (Å²) in [6.07, 6.45) is -8.21. The molecule has 30 heavy (non-hydrogen) atoms. The molecule has 182 valence electrons. The molecule has 18 heteroatoms. The van der Waals surface area contributed by atoms with E-state index in [0.717, 1.165) is 0 Å². The summed E-state index contributed by atoms with van der Waals surface area (Å²) >= 11 is -1.48. The van der Waals surface area contributed by atoms with Crippen LogP contribution in [0.15, 0.2) is 0 Å². The minimum Gasteiger partial charge on any atom is -0.192 e. The van der Waals surface area contributed by atoms with E-state index in [1.165, 1.54) is 6.92 Å². The van der Waals surface area contributed by atoms with Crippen LogP contribution in [-0.2, 0) is 0 Å². The number of halogens is 17. The molecule has 0 N–H and O–H groups in total. The van der Waals surface area contributed by atoms with Gasteiger partial charge in [0, 0.05) is 0 Å². The van der Waals surface area contributed by atoms with Gasteiger partial charge in [-0.3, -0.25) is 0 Å². The van der Waals surface area contributed by atoms with Gasteiger partial charge in [-0.2, -0.15) is 74.6 Å². The van der Waals surface area contributed by atoms with E-state index in [0.29, 0.717) is 0 Å². The molecule has 0 aliphatic carbocycles. The van der Waals surface area contributed by atoms with Crippen molar-refractivity contribution in [2.75, 3.05) is 5.75 Å². The highest BCUT2D eigenvalue weighted by Crippen LogP contribution is 2.64. The minimum absolute atomic E-state index is 0.0436. The Morgan fingerprint density at radius 2 is 0.767 bits per heavy atom. The Kier molecular flexibility index (Phi) is 7.71. The highest BCUT2D eigenvalue weighted by Gasteiger charge is 2.95. The zero-order chi connectivity index (χ0) is 24.8. The predicted molar refractivity (Wildman–Crippen MR) is 68.0 cm³/mol. The predicted octanol–water partition coefficient (Wildman–Crippen LogP) is 7.49. The topological polar surface area (TPSA) is 0 Å². The molecule has 0 amide bonds. The maximum absolute atomic E-state index is 13.4. The molecule has 0 aromatic carbocycles. The number of thioether (sulfide) groups is 1. The van der Waals surface area contributed by atoms with Gasteiger partial charge in [-0.05, 0) is 12.2 Å². The molecule has 0 rings (SSSR count). The van der Waals surface area contributed by atoms with Crippen LogP contribution in [0.4, 0.5) is 74.6 Å². The van der Waals surface area contributed by atoms with Crippen molar-refractivity contribution in [1.82, 2.24) is 0 Å². The van der Waals surface area contributed by atoms with Crippen molar-refractivity contribution in [3.8, 4) is 0 Å². The lowest BCUT2D eigenvalue weighted by Gasteiger charge is -2.42. The van der Waals surface area contributed by atoms with Crippen molar-refractivity contribution in [2.24, 2.45) is 0 Å². The normalized spacial score (nSPS) is 16.2. The lowest BCUT2D eigenvalue weighted by Crippen LogP contribution is -2.74. The Morgan fingerprint density at radius 3 is 1.07 bits per heavy atom. The van der Waals surface area contributed by atoms with Gasteiger partial charge < -0.3 is 0 Å². The van der Waals surface area contributed by atoms with E-state index in [4.69, 9.17) is 0 Å². The number of hydrogen-bond donors (Lipinski definition) is 0. The molecular weight excluding hydrogens is 499 g/mol. The molecule has 0 fully saturated rings. The molecule has 0 spiro atoms. The van der Waals surface area contributed by atoms with Crippen molar-refractivity contribution in [1.29, 1.82) is 0 Å². The molecule has 0 aromatic heterocycles. The Labute approximate surface area is 160 Å². The molecule has 0 heterocycles. The van der Waals surface area contributed by atoms with E-state index < -0.39 is 70.9 Å². The first-order chi connectivity index (χ1) is 12.8. The standard InChI is InChI=1S/C12H9F17S/c1-2-3-4-30-12(28,29)10(23,24)8(19,20)6(15,16)5(13,14)7(17,18)9(21,22)11(25,26)27/h2-4H2,1H3. The number of hydrogen-bond acceptors (Lipinski definition) is 1. The number of unbranched alkanes of at least 4 members (excludes halogenated alkanes) is 1. The van der Waals surface area contributed by atoms with E-state index in [2.05, 4.69) is 0 Å². The quantitative estimate of drug-likeness (QED) is 0.218. The highest BCUT2D eigenvalue weighted by atomic mass is 32.2. The monoisotopic (exact) mass is 508 g/mol. The van der Waals surface area contributed by atoms with Gasteiger partial charge in [-0.1, -0.05) is 25.1 Å². The second kappa shape index (κ2) is 7.94. The van der Waals surface area contributed by atoms with Gasteiger partial charge in [0.05, 0.1) is 0 Å². The van der Waals surface area contributed by atoms with Crippen LogP contribution >= 0.6 is 11.8 Å². The SMILES string of the molecule is CCCCSC(F)(F)C(F)(F)C(F)(F)C(F)(F)C(F)(F)C(F)(F)C(F)(F)C(F)(F)F. The van der Waals surface area contributed by atoms with Crippen LogP contribution in [-0.4, -0.2) is 52.7 Å². The van der Waals surface area contributed by atoms with Crippen molar-refractivity contribution < 1.29 is 74.6 Å². The molecule has 0 bridgehead atoms. The molecule has 0 aliphatic heterocycles. The Hall–Kier alpha value is -0.840. The fourth-order valence-electron chi connectivity index (χ4n) is 1.58. The molecule has 0 saturated heterocycles. The minimum atomic E-state index is -8.57. The summed E-state index contributed by atoms with van der Waals surface area (Å²) in [7, 11) is 0. The molecule has 0 aliphatic rings. The largest absolute Gasteiger partial charge is 0.460 e. The van der Waals surface area contributed by atoms with E-state index in [9.17, 15) is 74.6 Å². The van der Waals surface area contributed by atoms with E-state index in [-0.39, 0.29) is 6.42 Å². The molecule has 0 radical (unpaired) electrons. The fraction of sp³-hybridized carbons (Fsp3) is 1.00.